The number of rotatable bonds is 4. The van der Waals surface area contributed by atoms with Gasteiger partial charge in [0.1, 0.15) is 0 Å². The van der Waals surface area contributed by atoms with Crippen molar-refractivity contribution in [2.75, 3.05) is 11.9 Å². The van der Waals surface area contributed by atoms with Crippen LogP contribution in [0.5, 0.6) is 0 Å². The van der Waals surface area contributed by atoms with Gasteiger partial charge in [0.05, 0.1) is 6.20 Å². The summed E-state index contributed by atoms with van der Waals surface area (Å²) in [6.07, 6.45) is 8.60. The minimum absolute atomic E-state index is 0.913. The molecule has 0 saturated heterocycles. The fraction of sp³-hybridized carbons (Fsp3) is 0.333. The molecule has 2 heterocycles. The Morgan fingerprint density at radius 2 is 2.25 bits per heavy atom. The molecule has 0 atom stereocenters. The third-order valence-corrected chi connectivity index (χ3v) is 2.51. The normalized spacial score (nSPS) is 10.4. The van der Waals surface area contributed by atoms with Crippen LogP contribution >= 0.6 is 0 Å². The Morgan fingerprint density at radius 3 is 2.94 bits per heavy atom. The quantitative estimate of drug-likeness (QED) is 0.847. The average Bonchev–Trinajstić information content (AvgIpc) is 2.67. The lowest BCUT2D eigenvalue weighted by atomic mass is 10.2. The summed E-state index contributed by atoms with van der Waals surface area (Å²) in [4.78, 5) is 4.06. The van der Waals surface area contributed by atoms with Crippen LogP contribution in [-0.4, -0.2) is 21.3 Å². The second kappa shape index (κ2) is 4.79. The van der Waals surface area contributed by atoms with E-state index in [9.17, 15) is 0 Å². The highest BCUT2D eigenvalue weighted by Gasteiger charge is 1.98. The largest absolute Gasteiger partial charge is 0.384 e. The summed E-state index contributed by atoms with van der Waals surface area (Å²) in [5.74, 6) is 0. The van der Waals surface area contributed by atoms with Gasteiger partial charge in [-0.25, -0.2) is 0 Å². The molecule has 4 nitrogen and oxygen atoms in total. The molecule has 0 aliphatic heterocycles. The van der Waals surface area contributed by atoms with E-state index >= 15 is 0 Å². The van der Waals surface area contributed by atoms with Crippen molar-refractivity contribution in [2.45, 2.75) is 13.3 Å². The van der Waals surface area contributed by atoms with E-state index in [0.29, 0.717) is 0 Å². The van der Waals surface area contributed by atoms with Crippen molar-refractivity contribution < 1.29 is 0 Å². The molecule has 2 aromatic rings. The second-order valence-electron chi connectivity index (χ2n) is 3.89. The van der Waals surface area contributed by atoms with Gasteiger partial charge < -0.3 is 5.32 Å². The zero-order chi connectivity index (χ0) is 11.4. The first kappa shape index (κ1) is 10.7. The van der Waals surface area contributed by atoms with Gasteiger partial charge in [0.2, 0.25) is 0 Å². The monoisotopic (exact) mass is 216 g/mol. The predicted octanol–water partition coefficient (Wildman–Crippen LogP) is 1.78. The van der Waals surface area contributed by atoms with Gasteiger partial charge in [0.15, 0.2) is 0 Å². The van der Waals surface area contributed by atoms with Gasteiger partial charge in [-0.05, 0) is 30.5 Å². The van der Waals surface area contributed by atoms with Crippen molar-refractivity contribution in [3.05, 3.63) is 42.0 Å². The van der Waals surface area contributed by atoms with E-state index in [2.05, 4.69) is 22.3 Å². The molecule has 0 amide bonds. The summed E-state index contributed by atoms with van der Waals surface area (Å²) >= 11 is 0. The Kier molecular flexibility index (Phi) is 3.19. The highest BCUT2D eigenvalue weighted by Crippen LogP contribution is 2.11. The molecule has 0 saturated carbocycles. The molecule has 4 heteroatoms. The van der Waals surface area contributed by atoms with E-state index < -0.39 is 0 Å². The van der Waals surface area contributed by atoms with Gasteiger partial charge in [-0.2, -0.15) is 5.10 Å². The van der Waals surface area contributed by atoms with Crippen LogP contribution in [0.3, 0.4) is 0 Å². The van der Waals surface area contributed by atoms with E-state index in [-0.39, 0.29) is 0 Å². The molecule has 1 N–H and O–H groups in total. The van der Waals surface area contributed by atoms with Crippen molar-refractivity contribution in [1.82, 2.24) is 14.8 Å². The van der Waals surface area contributed by atoms with Gasteiger partial charge in [-0.3, -0.25) is 9.67 Å². The molecule has 0 spiro atoms. The zero-order valence-electron chi connectivity index (χ0n) is 9.64. The molecule has 0 aliphatic carbocycles. The molecular formula is C12H16N4. The maximum absolute atomic E-state index is 4.14. The van der Waals surface area contributed by atoms with E-state index in [0.717, 1.165) is 18.7 Å². The lowest BCUT2D eigenvalue weighted by molar-refractivity contribution is 0.767. The maximum atomic E-state index is 4.14. The Balaban J connectivity index is 1.87. The number of aryl methyl sites for hydroxylation is 2. The summed E-state index contributed by atoms with van der Waals surface area (Å²) in [6.45, 7) is 2.97. The van der Waals surface area contributed by atoms with Crippen LogP contribution in [0.4, 0.5) is 5.69 Å². The van der Waals surface area contributed by atoms with Gasteiger partial charge >= 0.3 is 0 Å². The van der Waals surface area contributed by atoms with Crippen LogP contribution < -0.4 is 5.32 Å². The minimum Gasteiger partial charge on any atom is -0.384 e. The van der Waals surface area contributed by atoms with Crippen molar-refractivity contribution in [1.29, 1.82) is 0 Å². The Hall–Kier alpha value is -1.84. The Bertz CT molecular complexity index is 462. The van der Waals surface area contributed by atoms with E-state index in [1.165, 1.54) is 11.1 Å². The molecule has 0 unspecified atom stereocenters. The van der Waals surface area contributed by atoms with E-state index in [1.54, 1.807) is 6.20 Å². The number of pyridine rings is 1. The smallest absolute Gasteiger partial charge is 0.0522 e. The molecule has 0 radical (unpaired) electrons. The fourth-order valence-electron chi connectivity index (χ4n) is 1.61. The standard InChI is InChI=1S/C12H16N4/c1-10-7-13-5-4-12(10)14-6-3-11-8-15-16(2)9-11/h4-5,7-9H,3,6H2,1-2H3,(H,13,14). The second-order valence-corrected chi connectivity index (χ2v) is 3.89. The topological polar surface area (TPSA) is 42.7 Å². The van der Waals surface area contributed by atoms with Crippen molar-refractivity contribution in [3.63, 3.8) is 0 Å². The summed E-state index contributed by atoms with van der Waals surface area (Å²) in [5, 5.41) is 7.53. The first-order valence-electron chi connectivity index (χ1n) is 5.38. The number of hydrogen-bond donors (Lipinski definition) is 1. The van der Waals surface area contributed by atoms with Crippen LogP contribution in [0.25, 0.3) is 0 Å². The summed E-state index contributed by atoms with van der Waals surface area (Å²) < 4.78 is 1.83. The SMILES string of the molecule is Cc1cnccc1NCCc1cnn(C)c1. The van der Waals surface area contributed by atoms with Gasteiger partial charge in [0.25, 0.3) is 0 Å². The summed E-state index contributed by atoms with van der Waals surface area (Å²) in [6, 6.07) is 2.00. The number of aromatic nitrogens is 3. The van der Waals surface area contributed by atoms with Gasteiger partial charge in [-0.15, -0.1) is 0 Å². The minimum atomic E-state index is 0.913. The Morgan fingerprint density at radius 1 is 1.38 bits per heavy atom. The number of hydrogen-bond acceptors (Lipinski definition) is 3. The molecule has 84 valence electrons. The molecule has 2 aromatic heterocycles. The lowest BCUT2D eigenvalue weighted by Gasteiger charge is -2.07. The fourth-order valence-corrected chi connectivity index (χ4v) is 1.61. The molecule has 0 fully saturated rings. The van der Waals surface area contributed by atoms with Crippen LogP contribution in [0, 0.1) is 6.92 Å². The van der Waals surface area contributed by atoms with Gasteiger partial charge in [0, 0.05) is 37.9 Å². The molecule has 16 heavy (non-hydrogen) atoms. The average molecular weight is 216 g/mol. The highest BCUT2D eigenvalue weighted by atomic mass is 15.2. The molecule has 2 rings (SSSR count). The lowest BCUT2D eigenvalue weighted by Crippen LogP contribution is -2.05. The highest BCUT2D eigenvalue weighted by molar-refractivity contribution is 5.48. The molecule has 0 aromatic carbocycles. The third-order valence-electron chi connectivity index (χ3n) is 2.51. The van der Waals surface area contributed by atoms with Crippen molar-refractivity contribution in [2.24, 2.45) is 7.05 Å². The van der Waals surface area contributed by atoms with Crippen molar-refractivity contribution in [3.8, 4) is 0 Å². The number of nitrogens with one attached hydrogen (secondary N) is 1. The van der Waals surface area contributed by atoms with Crippen LogP contribution in [0.15, 0.2) is 30.9 Å². The van der Waals surface area contributed by atoms with E-state index in [1.807, 2.05) is 36.4 Å². The predicted molar refractivity (Wildman–Crippen MR) is 64.4 cm³/mol. The first-order valence-corrected chi connectivity index (χ1v) is 5.38. The van der Waals surface area contributed by atoms with Crippen LogP contribution in [0.1, 0.15) is 11.1 Å². The third kappa shape index (κ3) is 2.59. The van der Waals surface area contributed by atoms with Gasteiger partial charge in [-0.1, -0.05) is 0 Å². The first-order chi connectivity index (χ1) is 7.75. The molecular weight excluding hydrogens is 200 g/mol. The zero-order valence-corrected chi connectivity index (χ0v) is 9.64. The molecule has 0 bridgehead atoms. The number of anilines is 1. The number of nitrogens with zero attached hydrogens (tertiary/aromatic N) is 3. The van der Waals surface area contributed by atoms with Crippen LogP contribution in [-0.2, 0) is 13.5 Å². The summed E-state index contributed by atoms with van der Waals surface area (Å²) in [5.41, 5.74) is 3.58. The van der Waals surface area contributed by atoms with Crippen LogP contribution in [0.2, 0.25) is 0 Å². The maximum Gasteiger partial charge on any atom is 0.0522 e. The Labute approximate surface area is 95.3 Å². The molecule has 0 aliphatic rings. The summed E-state index contributed by atoms with van der Waals surface area (Å²) in [7, 11) is 1.93. The van der Waals surface area contributed by atoms with Crippen molar-refractivity contribution >= 4 is 5.69 Å². The van der Waals surface area contributed by atoms with E-state index in [4.69, 9.17) is 0 Å².